The quantitative estimate of drug-likeness (QED) is 0.469. The molecule has 4 aromatic rings. The zero-order chi connectivity index (χ0) is 20.5. The van der Waals surface area contributed by atoms with Gasteiger partial charge in [0.1, 0.15) is 4.83 Å². The third-order valence-corrected chi connectivity index (χ3v) is 6.66. The second-order valence-electron chi connectivity index (χ2n) is 7.56. The zero-order valence-corrected chi connectivity index (χ0v) is 17.5. The first kappa shape index (κ1) is 18.8. The fourth-order valence-corrected chi connectivity index (χ4v) is 5.34. The van der Waals surface area contributed by atoms with E-state index in [2.05, 4.69) is 29.1 Å². The topological polar surface area (TPSA) is 64.7 Å². The monoisotopic (exact) mass is 417 g/mol. The molecular formula is C23H23N5OS. The van der Waals surface area contributed by atoms with E-state index >= 15 is 0 Å². The SMILES string of the molecule is C=CCn1c(Nc2cccc(Cn3cccn3)c2)nc2sc3c(c2c1=O)CCCC3. The number of nitrogens with zero attached hydrogens (tertiary/aromatic N) is 4. The minimum atomic E-state index is 0.0227. The molecule has 6 nitrogen and oxygen atoms in total. The third kappa shape index (κ3) is 3.45. The molecule has 0 fully saturated rings. The molecule has 3 heterocycles. The third-order valence-electron chi connectivity index (χ3n) is 5.47. The van der Waals surface area contributed by atoms with Crippen molar-refractivity contribution >= 4 is 33.2 Å². The van der Waals surface area contributed by atoms with Crippen LogP contribution in [-0.2, 0) is 25.9 Å². The molecule has 152 valence electrons. The lowest BCUT2D eigenvalue weighted by atomic mass is 9.97. The van der Waals surface area contributed by atoms with Gasteiger partial charge in [0.25, 0.3) is 5.56 Å². The van der Waals surface area contributed by atoms with Crippen LogP contribution in [0.5, 0.6) is 0 Å². The van der Waals surface area contributed by atoms with Gasteiger partial charge in [0.2, 0.25) is 5.95 Å². The maximum absolute atomic E-state index is 13.4. The van der Waals surface area contributed by atoms with Crippen LogP contribution in [0.2, 0.25) is 0 Å². The van der Waals surface area contributed by atoms with Gasteiger partial charge in [-0.3, -0.25) is 14.0 Å². The zero-order valence-electron chi connectivity index (χ0n) is 16.7. The second kappa shape index (κ2) is 7.91. The highest BCUT2D eigenvalue weighted by molar-refractivity contribution is 7.18. The molecule has 1 aliphatic carbocycles. The van der Waals surface area contributed by atoms with E-state index < -0.39 is 0 Å². The van der Waals surface area contributed by atoms with E-state index in [0.717, 1.165) is 40.7 Å². The van der Waals surface area contributed by atoms with E-state index in [1.807, 2.05) is 29.1 Å². The average molecular weight is 418 g/mol. The van der Waals surface area contributed by atoms with Crippen LogP contribution in [0.15, 0.2) is 60.2 Å². The maximum Gasteiger partial charge on any atom is 0.264 e. The normalized spacial score (nSPS) is 13.3. The number of hydrogen-bond donors (Lipinski definition) is 1. The van der Waals surface area contributed by atoms with Crippen LogP contribution >= 0.6 is 11.3 Å². The summed E-state index contributed by atoms with van der Waals surface area (Å²) in [4.78, 5) is 20.4. The molecule has 30 heavy (non-hydrogen) atoms. The van der Waals surface area contributed by atoms with Crippen LogP contribution < -0.4 is 10.9 Å². The van der Waals surface area contributed by atoms with Crippen LogP contribution in [0.1, 0.15) is 28.8 Å². The molecule has 7 heteroatoms. The van der Waals surface area contributed by atoms with Gasteiger partial charge in [0.15, 0.2) is 0 Å². The van der Waals surface area contributed by atoms with Gasteiger partial charge in [-0.2, -0.15) is 5.10 Å². The van der Waals surface area contributed by atoms with Crippen LogP contribution in [0.4, 0.5) is 11.6 Å². The molecule has 0 saturated heterocycles. The highest BCUT2D eigenvalue weighted by Gasteiger charge is 2.21. The van der Waals surface area contributed by atoms with E-state index in [-0.39, 0.29) is 5.56 Å². The van der Waals surface area contributed by atoms with E-state index in [1.165, 1.54) is 16.9 Å². The molecule has 0 spiro atoms. The summed E-state index contributed by atoms with van der Waals surface area (Å²) in [6.45, 7) is 4.94. The predicted octanol–water partition coefficient (Wildman–Crippen LogP) is 4.51. The molecule has 0 amide bonds. The highest BCUT2D eigenvalue weighted by atomic mass is 32.1. The first-order chi connectivity index (χ1) is 14.7. The number of benzene rings is 1. The van der Waals surface area contributed by atoms with E-state index in [9.17, 15) is 4.79 Å². The summed E-state index contributed by atoms with van der Waals surface area (Å²) in [5, 5.41) is 8.44. The minimum absolute atomic E-state index is 0.0227. The lowest BCUT2D eigenvalue weighted by Crippen LogP contribution is -2.24. The molecule has 5 rings (SSSR count). The Balaban J connectivity index is 1.54. The molecule has 0 unspecified atom stereocenters. The number of fused-ring (bicyclic) bond motifs is 3. The Bertz CT molecular complexity index is 1270. The number of allylic oxidation sites excluding steroid dienone is 1. The van der Waals surface area contributed by atoms with Crippen LogP contribution in [0, 0.1) is 0 Å². The molecule has 1 aliphatic rings. The van der Waals surface area contributed by atoms with Crippen LogP contribution in [-0.4, -0.2) is 19.3 Å². The largest absolute Gasteiger partial charge is 0.325 e. The number of thiophene rings is 1. The van der Waals surface area contributed by atoms with Gasteiger partial charge >= 0.3 is 0 Å². The Hall–Kier alpha value is -3.19. The smallest absolute Gasteiger partial charge is 0.264 e. The van der Waals surface area contributed by atoms with E-state index in [0.29, 0.717) is 19.0 Å². The van der Waals surface area contributed by atoms with Crippen molar-refractivity contribution in [1.29, 1.82) is 0 Å². The number of hydrogen-bond acceptors (Lipinski definition) is 5. The Morgan fingerprint density at radius 1 is 1.23 bits per heavy atom. The first-order valence-corrected chi connectivity index (χ1v) is 11.0. The fraction of sp³-hybridized carbons (Fsp3) is 0.261. The molecule has 1 N–H and O–H groups in total. The molecule has 0 atom stereocenters. The van der Waals surface area contributed by atoms with Crippen molar-refractivity contribution < 1.29 is 0 Å². The average Bonchev–Trinajstić information content (AvgIpc) is 3.38. The van der Waals surface area contributed by atoms with E-state index in [1.54, 1.807) is 28.2 Å². The maximum atomic E-state index is 13.4. The van der Waals surface area contributed by atoms with Gasteiger partial charge in [0.05, 0.1) is 11.9 Å². The summed E-state index contributed by atoms with van der Waals surface area (Å²) in [7, 11) is 0. The number of rotatable bonds is 6. The summed E-state index contributed by atoms with van der Waals surface area (Å²) >= 11 is 1.67. The summed E-state index contributed by atoms with van der Waals surface area (Å²) in [6.07, 6.45) is 9.81. The van der Waals surface area contributed by atoms with Crippen molar-refractivity contribution in [3.8, 4) is 0 Å². The Kier molecular flexibility index (Phi) is 4.96. The first-order valence-electron chi connectivity index (χ1n) is 10.2. The summed E-state index contributed by atoms with van der Waals surface area (Å²) in [5.74, 6) is 0.558. The molecule has 0 bridgehead atoms. The van der Waals surface area contributed by atoms with E-state index in [4.69, 9.17) is 4.98 Å². The summed E-state index contributed by atoms with van der Waals surface area (Å²) < 4.78 is 3.57. The van der Waals surface area contributed by atoms with Gasteiger partial charge in [-0.15, -0.1) is 17.9 Å². The lowest BCUT2D eigenvalue weighted by molar-refractivity contribution is 0.687. The lowest BCUT2D eigenvalue weighted by Gasteiger charge is -2.14. The van der Waals surface area contributed by atoms with Crippen LogP contribution in [0.3, 0.4) is 0 Å². The number of aromatic nitrogens is 4. The van der Waals surface area contributed by atoms with Gasteiger partial charge in [0, 0.05) is 29.5 Å². The molecule has 0 radical (unpaired) electrons. The van der Waals surface area contributed by atoms with Gasteiger partial charge in [-0.05, 0) is 55.0 Å². The van der Waals surface area contributed by atoms with Crippen molar-refractivity contribution in [2.45, 2.75) is 38.8 Å². The highest BCUT2D eigenvalue weighted by Crippen LogP contribution is 2.34. The Morgan fingerprint density at radius 3 is 2.97 bits per heavy atom. The van der Waals surface area contributed by atoms with Crippen molar-refractivity contribution in [2.24, 2.45) is 0 Å². The second-order valence-corrected chi connectivity index (χ2v) is 8.64. The molecule has 0 saturated carbocycles. The van der Waals surface area contributed by atoms with Gasteiger partial charge in [-0.1, -0.05) is 18.2 Å². The summed E-state index contributed by atoms with van der Waals surface area (Å²) in [6, 6.07) is 10.0. The minimum Gasteiger partial charge on any atom is -0.325 e. The molecule has 3 aromatic heterocycles. The predicted molar refractivity (Wildman–Crippen MR) is 122 cm³/mol. The molecular weight excluding hydrogens is 394 g/mol. The van der Waals surface area contributed by atoms with Crippen molar-refractivity contribution in [2.75, 3.05) is 5.32 Å². The Labute approximate surface area is 178 Å². The standard InChI is InChI=1S/C23H23N5OS/c1-2-12-28-22(29)20-18-9-3-4-10-19(18)30-21(20)26-23(28)25-17-8-5-7-16(14-17)15-27-13-6-11-24-27/h2,5-8,11,13-14H,1,3-4,9-10,12,15H2,(H,25,26). The molecule has 1 aromatic carbocycles. The van der Waals surface area contributed by atoms with Crippen molar-refractivity contribution in [3.05, 3.63) is 81.7 Å². The van der Waals surface area contributed by atoms with Crippen molar-refractivity contribution in [3.63, 3.8) is 0 Å². The number of aryl methyl sites for hydroxylation is 2. The molecule has 0 aliphatic heterocycles. The number of anilines is 2. The number of nitrogens with one attached hydrogen (secondary N) is 1. The summed E-state index contributed by atoms with van der Waals surface area (Å²) in [5.41, 5.74) is 3.25. The van der Waals surface area contributed by atoms with Gasteiger partial charge < -0.3 is 5.32 Å². The van der Waals surface area contributed by atoms with Crippen molar-refractivity contribution in [1.82, 2.24) is 19.3 Å². The van der Waals surface area contributed by atoms with Crippen LogP contribution in [0.25, 0.3) is 10.2 Å². The Morgan fingerprint density at radius 2 is 2.13 bits per heavy atom. The fourth-order valence-electron chi connectivity index (χ4n) is 4.09. The van der Waals surface area contributed by atoms with Gasteiger partial charge in [-0.25, -0.2) is 4.98 Å².